The van der Waals surface area contributed by atoms with E-state index in [0.717, 1.165) is 11.1 Å². The van der Waals surface area contributed by atoms with Gasteiger partial charge in [-0.3, -0.25) is 9.59 Å². The van der Waals surface area contributed by atoms with E-state index in [0.29, 0.717) is 41.1 Å². The van der Waals surface area contributed by atoms with Crippen molar-refractivity contribution in [3.63, 3.8) is 0 Å². The molecule has 3 rings (SSSR count). The third-order valence-corrected chi connectivity index (χ3v) is 4.44. The molecule has 28 heavy (non-hydrogen) atoms. The minimum Gasteiger partial charge on any atom is -0.354 e. The highest BCUT2D eigenvalue weighted by Crippen LogP contribution is 2.27. The maximum Gasteiger partial charge on any atom is 0.259 e. The molecule has 0 aliphatic heterocycles. The molecule has 0 saturated carbocycles. The Morgan fingerprint density at radius 1 is 1.07 bits per heavy atom. The summed E-state index contributed by atoms with van der Waals surface area (Å²) in [5.41, 5.74) is 4.06. The quantitative estimate of drug-likeness (QED) is 0.641. The maximum absolute atomic E-state index is 12.8. The summed E-state index contributed by atoms with van der Waals surface area (Å²) in [5, 5.41) is 10.2. The van der Waals surface area contributed by atoms with Crippen molar-refractivity contribution in [3.8, 4) is 11.3 Å². The van der Waals surface area contributed by atoms with Gasteiger partial charge in [0.05, 0.1) is 22.3 Å². The summed E-state index contributed by atoms with van der Waals surface area (Å²) >= 11 is 0. The number of aromatic nitrogens is 2. The Morgan fingerprint density at radius 3 is 2.43 bits per heavy atom. The Morgan fingerprint density at radius 2 is 1.75 bits per heavy atom. The Hall–Kier alpha value is -3.22. The van der Waals surface area contributed by atoms with Gasteiger partial charge in [-0.2, -0.15) is 0 Å². The van der Waals surface area contributed by atoms with Crippen LogP contribution < -0.4 is 10.6 Å². The number of benzene rings is 1. The Labute approximate surface area is 163 Å². The summed E-state index contributed by atoms with van der Waals surface area (Å²) in [5.74, 6) is -0.393. The van der Waals surface area contributed by atoms with Crippen molar-refractivity contribution in [2.75, 3.05) is 13.1 Å². The molecule has 0 radical (unpaired) electrons. The van der Waals surface area contributed by atoms with Crippen LogP contribution in [0.25, 0.3) is 22.4 Å². The largest absolute Gasteiger partial charge is 0.354 e. The van der Waals surface area contributed by atoms with Crippen LogP contribution in [0.4, 0.5) is 0 Å². The zero-order valence-corrected chi connectivity index (χ0v) is 16.5. The van der Waals surface area contributed by atoms with Crippen LogP contribution in [-0.4, -0.2) is 35.0 Å². The lowest BCUT2D eigenvalue weighted by atomic mass is 10.0. The number of carbonyl (C=O) groups excluding carboxylic acids is 2. The van der Waals surface area contributed by atoms with Crippen LogP contribution in [0.3, 0.4) is 0 Å². The third-order valence-electron chi connectivity index (χ3n) is 4.44. The zero-order valence-electron chi connectivity index (χ0n) is 16.5. The highest BCUT2D eigenvalue weighted by Gasteiger charge is 2.19. The Balaban J connectivity index is 1.84. The van der Waals surface area contributed by atoms with Crippen molar-refractivity contribution < 1.29 is 14.1 Å². The molecule has 2 heterocycles. The first-order chi connectivity index (χ1) is 13.4. The van der Waals surface area contributed by atoms with Crippen LogP contribution in [0.15, 0.2) is 34.9 Å². The summed E-state index contributed by atoms with van der Waals surface area (Å²) < 4.78 is 5.31. The number of nitrogens with zero attached hydrogens (tertiary/aromatic N) is 2. The first-order valence-electron chi connectivity index (χ1n) is 9.26. The lowest BCUT2D eigenvalue weighted by Gasteiger charge is -2.10. The molecule has 0 aliphatic rings. The highest BCUT2D eigenvalue weighted by molar-refractivity contribution is 6.07. The van der Waals surface area contributed by atoms with E-state index >= 15 is 0 Å². The van der Waals surface area contributed by atoms with Gasteiger partial charge >= 0.3 is 0 Å². The van der Waals surface area contributed by atoms with Crippen LogP contribution in [0.5, 0.6) is 0 Å². The van der Waals surface area contributed by atoms with Crippen LogP contribution in [0.2, 0.25) is 0 Å². The lowest BCUT2D eigenvalue weighted by Crippen LogP contribution is -2.36. The Bertz CT molecular complexity index is 1010. The molecule has 146 valence electrons. The van der Waals surface area contributed by atoms with Crippen molar-refractivity contribution >= 4 is 22.9 Å². The molecular weight excluding hydrogens is 356 g/mol. The van der Waals surface area contributed by atoms with Gasteiger partial charge in [0, 0.05) is 24.6 Å². The normalized spacial score (nSPS) is 11.0. The molecule has 2 amide bonds. The molecule has 0 atom stereocenters. The van der Waals surface area contributed by atoms with Crippen molar-refractivity contribution in [2.24, 2.45) is 5.92 Å². The van der Waals surface area contributed by atoms with Crippen LogP contribution in [0, 0.1) is 19.8 Å². The molecule has 0 aliphatic carbocycles. The summed E-state index contributed by atoms with van der Waals surface area (Å²) in [6, 6.07) is 9.64. The van der Waals surface area contributed by atoms with Gasteiger partial charge in [-0.05, 0) is 19.9 Å². The zero-order chi connectivity index (χ0) is 20.3. The first-order valence-corrected chi connectivity index (χ1v) is 9.26. The summed E-state index contributed by atoms with van der Waals surface area (Å²) in [4.78, 5) is 28.9. The number of fused-ring (bicyclic) bond motifs is 1. The monoisotopic (exact) mass is 380 g/mol. The summed E-state index contributed by atoms with van der Waals surface area (Å²) in [6.45, 7) is 8.12. The number of aryl methyl sites for hydroxylation is 2. The van der Waals surface area contributed by atoms with E-state index in [9.17, 15) is 9.59 Å². The molecule has 2 N–H and O–H groups in total. The van der Waals surface area contributed by atoms with Gasteiger partial charge in [-0.25, -0.2) is 4.98 Å². The first kappa shape index (κ1) is 19.5. The number of rotatable bonds is 6. The van der Waals surface area contributed by atoms with E-state index in [1.165, 1.54) is 0 Å². The topological polar surface area (TPSA) is 97.1 Å². The molecule has 0 fully saturated rings. The van der Waals surface area contributed by atoms with Gasteiger partial charge < -0.3 is 15.2 Å². The Kier molecular flexibility index (Phi) is 5.73. The van der Waals surface area contributed by atoms with Crippen LogP contribution >= 0.6 is 0 Å². The molecule has 1 aromatic carbocycles. The van der Waals surface area contributed by atoms with Crippen molar-refractivity contribution in [1.82, 2.24) is 20.8 Å². The molecular formula is C21H24N4O3. The average molecular weight is 380 g/mol. The predicted octanol–water partition coefficient (Wildman–Crippen LogP) is 3.01. The second-order valence-electron chi connectivity index (χ2n) is 7.07. The predicted molar refractivity (Wildman–Crippen MR) is 107 cm³/mol. The number of hydrogen-bond donors (Lipinski definition) is 2. The van der Waals surface area contributed by atoms with Gasteiger partial charge in [0.2, 0.25) is 5.91 Å². The second kappa shape index (κ2) is 8.21. The fraction of sp³-hybridized carbons (Fsp3) is 0.333. The average Bonchev–Trinajstić information content (AvgIpc) is 3.05. The third kappa shape index (κ3) is 4.19. The summed E-state index contributed by atoms with van der Waals surface area (Å²) in [7, 11) is 0. The second-order valence-corrected chi connectivity index (χ2v) is 7.07. The van der Waals surface area contributed by atoms with Crippen molar-refractivity contribution in [3.05, 3.63) is 47.2 Å². The van der Waals surface area contributed by atoms with Gasteiger partial charge in [0.25, 0.3) is 11.6 Å². The molecule has 7 nitrogen and oxygen atoms in total. The molecule has 0 saturated heterocycles. The molecule has 0 spiro atoms. The van der Waals surface area contributed by atoms with Crippen LogP contribution in [-0.2, 0) is 4.79 Å². The highest BCUT2D eigenvalue weighted by atomic mass is 16.5. The minimum atomic E-state index is -0.258. The number of amides is 2. The van der Waals surface area contributed by atoms with E-state index in [2.05, 4.69) is 20.8 Å². The number of carbonyl (C=O) groups is 2. The lowest BCUT2D eigenvalue weighted by molar-refractivity contribution is -0.123. The molecule has 0 unspecified atom stereocenters. The fourth-order valence-electron chi connectivity index (χ4n) is 2.81. The van der Waals surface area contributed by atoms with E-state index in [1.807, 2.05) is 45.0 Å². The van der Waals surface area contributed by atoms with E-state index < -0.39 is 0 Å². The molecule has 2 aromatic heterocycles. The maximum atomic E-state index is 12.8. The van der Waals surface area contributed by atoms with E-state index in [1.54, 1.807) is 13.0 Å². The smallest absolute Gasteiger partial charge is 0.259 e. The van der Waals surface area contributed by atoms with Crippen molar-refractivity contribution in [1.29, 1.82) is 0 Å². The summed E-state index contributed by atoms with van der Waals surface area (Å²) in [6.07, 6.45) is 0. The fourth-order valence-corrected chi connectivity index (χ4v) is 2.81. The van der Waals surface area contributed by atoms with Gasteiger partial charge in [0.15, 0.2) is 0 Å². The van der Waals surface area contributed by atoms with E-state index in [-0.39, 0.29) is 17.7 Å². The van der Waals surface area contributed by atoms with Gasteiger partial charge in [-0.1, -0.05) is 48.8 Å². The molecule has 0 bridgehead atoms. The number of nitrogens with one attached hydrogen (secondary N) is 2. The standard InChI is InChI=1S/C21H24N4O3/c1-12(2)19(26)22-9-10-23-20(27)16-11-17(15-7-5-13(3)6-8-15)24-21-18(16)14(4)25-28-21/h5-8,11-12H,9-10H2,1-4H3,(H,22,26)(H,23,27). The molecule has 7 heteroatoms. The van der Waals surface area contributed by atoms with Gasteiger partial charge in [-0.15, -0.1) is 0 Å². The minimum absolute atomic E-state index is 0.0444. The number of hydrogen-bond acceptors (Lipinski definition) is 5. The van der Waals surface area contributed by atoms with Crippen molar-refractivity contribution in [2.45, 2.75) is 27.7 Å². The van der Waals surface area contributed by atoms with Gasteiger partial charge in [0.1, 0.15) is 0 Å². The number of pyridine rings is 1. The SMILES string of the molecule is Cc1ccc(-c2cc(C(=O)NCCNC(=O)C(C)C)c3c(C)noc3n2)cc1. The van der Waals surface area contributed by atoms with E-state index in [4.69, 9.17) is 4.52 Å². The van der Waals surface area contributed by atoms with Crippen LogP contribution in [0.1, 0.15) is 35.5 Å². The molecule has 3 aromatic rings.